The van der Waals surface area contributed by atoms with Crippen LogP contribution >= 0.6 is 0 Å². The Labute approximate surface area is 369 Å². The van der Waals surface area contributed by atoms with Crippen LogP contribution in [0.3, 0.4) is 0 Å². The van der Waals surface area contributed by atoms with Gasteiger partial charge >= 0.3 is 0 Å². The average Bonchev–Trinajstić information content (AvgIpc) is 3.84. The summed E-state index contributed by atoms with van der Waals surface area (Å²) < 4.78 is 34.2. The first kappa shape index (κ1) is 43.5. The molecule has 2 aromatic carbocycles. The summed E-state index contributed by atoms with van der Waals surface area (Å²) in [6, 6.07) is 14.2. The highest BCUT2D eigenvalue weighted by Gasteiger charge is 2.42. The Balaban J connectivity index is 0.841. The van der Waals surface area contributed by atoms with Crippen LogP contribution in [-0.4, -0.2) is 114 Å². The third-order valence-corrected chi connectivity index (χ3v) is 13.6. The number of rotatable bonds is 10. The highest BCUT2D eigenvalue weighted by Crippen LogP contribution is 2.39. The molecular weight excluding hydrogens is 823 g/mol. The number of imide groups is 1. The summed E-state index contributed by atoms with van der Waals surface area (Å²) in [5.41, 5.74) is 0.976. The molecule has 0 unspecified atom stereocenters. The summed E-state index contributed by atoms with van der Waals surface area (Å²) in [6.07, 6.45) is 7.86. The van der Waals surface area contributed by atoms with E-state index in [9.17, 15) is 29.9 Å². The van der Waals surface area contributed by atoms with E-state index in [0.29, 0.717) is 59.1 Å². The lowest BCUT2D eigenvalue weighted by Crippen LogP contribution is -2.66. The number of hydrogen-bond donors (Lipinski definition) is 4. The van der Waals surface area contributed by atoms with Crippen LogP contribution in [0.1, 0.15) is 112 Å². The van der Waals surface area contributed by atoms with Crippen molar-refractivity contribution in [2.75, 3.05) is 42.9 Å². The van der Waals surface area contributed by atoms with Crippen molar-refractivity contribution < 1.29 is 33.4 Å². The molecule has 4 aliphatic rings. The molecule has 3 aliphatic heterocycles. The lowest BCUT2D eigenvalue weighted by Gasteiger charge is -2.53. The summed E-state index contributed by atoms with van der Waals surface area (Å²) >= 11 is 0. The van der Waals surface area contributed by atoms with Crippen molar-refractivity contribution in [2.24, 2.45) is 0 Å². The van der Waals surface area contributed by atoms with Crippen LogP contribution in [0.2, 0.25) is 0 Å². The number of piperidine rings is 1. The zero-order valence-corrected chi connectivity index (χ0v) is 36.5. The Bertz CT molecular complexity index is 2660. The largest absolute Gasteiger partial charge is 0.390 e. The van der Waals surface area contributed by atoms with Gasteiger partial charge in [0.25, 0.3) is 5.91 Å². The first-order valence-corrected chi connectivity index (χ1v) is 22.2. The van der Waals surface area contributed by atoms with Crippen molar-refractivity contribution in [1.82, 2.24) is 34.5 Å². The van der Waals surface area contributed by atoms with E-state index in [1.54, 1.807) is 32.0 Å². The van der Waals surface area contributed by atoms with E-state index in [1.165, 1.54) is 22.8 Å². The number of anilines is 2. The van der Waals surface area contributed by atoms with E-state index in [1.807, 2.05) is 41.8 Å². The van der Waals surface area contributed by atoms with Crippen molar-refractivity contribution in [3.63, 3.8) is 0 Å². The molecule has 15 nitrogen and oxygen atoms in total. The molecule has 3 amide bonds. The summed E-state index contributed by atoms with van der Waals surface area (Å²) in [7, 11) is 0. The van der Waals surface area contributed by atoms with Gasteiger partial charge in [-0.1, -0.05) is 0 Å². The maximum Gasteiger partial charge on any atom is 0.274 e. The molecule has 6 heterocycles. The number of carbonyl (C=O) groups excluding carboxylic acids is 3. The Kier molecular flexibility index (Phi) is 11.3. The van der Waals surface area contributed by atoms with Crippen molar-refractivity contribution >= 4 is 45.5 Å². The smallest absolute Gasteiger partial charge is 0.274 e. The van der Waals surface area contributed by atoms with Crippen LogP contribution in [-0.2, 0) is 15.2 Å². The average molecular weight is 877 g/mol. The second-order valence-corrected chi connectivity index (χ2v) is 19.2. The normalized spacial score (nSPS) is 23.0. The number of carbonyl (C=O) groups is 3. The number of piperazine rings is 1. The Morgan fingerprint density at radius 3 is 2.33 bits per heavy atom. The van der Waals surface area contributed by atoms with Gasteiger partial charge in [-0.25, -0.2) is 13.3 Å². The third kappa shape index (κ3) is 8.59. The number of halogens is 2. The van der Waals surface area contributed by atoms with Gasteiger partial charge in [-0.05, 0) is 109 Å². The molecule has 3 aromatic heterocycles. The lowest BCUT2D eigenvalue weighted by molar-refractivity contribution is -0.134. The predicted octanol–water partition coefficient (Wildman–Crippen LogP) is 5.35. The third-order valence-electron chi connectivity index (χ3n) is 13.6. The predicted molar refractivity (Wildman–Crippen MR) is 235 cm³/mol. The minimum absolute atomic E-state index is 0.0377. The lowest BCUT2D eigenvalue weighted by atomic mass is 9.86. The molecule has 1 aliphatic carbocycles. The Morgan fingerprint density at radius 1 is 0.938 bits per heavy atom. The van der Waals surface area contributed by atoms with E-state index < -0.39 is 46.5 Å². The summed E-state index contributed by atoms with van der Waals surface area (Å²) in [5, 5.41) is 46.8. The van der Waals surface area contributed by atoms with Crippen LogP contribution < -0.4 is 15.5 Å². The SMILES string of the molecule is CC(C)(O)C[C@H]1CN(C2CN(c3cc(F)c([C@H]4CCC(=O)NC4=O)c(F)c3)C2)CCN1C1CCC(n2cc3cc(NC(=O)c4ccc5cc(C#N)cnn45)c(C(C)(C)O)cc3n2)CC1. The number of aromatic nitrogens is 4. The standard InChI is InChI=1S/C47H54F2N10O5/c1-46(2,63)20-33-24-55(34-25-56(26-34)32-17-37(48)43(38(49)18-32)35-10-12-42(60)53-44(35)61)13-14-57(33)29-5-7-30(8-6-29)58-23-28-16-40(36(47(3,4)64)19-39(28)54-58)52-45(62)41-11-9-31-15-27(21-50)22-51-59(31)41/h9,11,15-19,22-23,29-30,33-35,63-64H,5-8,10,12-14,20,24-26H2,1-4H3,(H,52,62)(H,53,60,61)/t29?,30?,33-,35+/m0/s1. The highest BCUT2D eigenvalue weighted by molar-refractivity contribution is 6.05. The van der Waals surface area contributed by atoms with E-state index in [2.05, 4.69) is 31.6 Å². The van der Waals surface area contributed by atoms with Crippen LogP contribution in [0.4, 0.5) is 20.2 Å². The first-order chi connectivity index (χ1) is 30.4. The molecule has 2 atom stereocenters. The van der Waals surface area contributed by atoms with Crippen LogP contribution in [0, 0.1) is 23.0 Å². The van der Waals surface area contributed by atoms with Crippen molar-refractivity contribution in [1.29, 1.82) is 5.26 Å². The molecule has 0 spiro atoms. The molecule has 9 rings (SSSR count). The molecule has 3 saturated heterocycles. The van der Waals surface area contributed by atoms with Crippen molar-refractivity contribution in [2.45, 2.75) is 114 Å². The number of nitriles is 1. The highest BCUT2D eigenvalue weighted by atomic mass is 19.1. The summed E-state index contributed by atoms with van der Waals surface area (Å²) in [5.74, 6) is -4.12. The van der Waals surface area contributed by atoms with E-state index in [-0.39, 0.29) is 42.2 Å². The molecule has 17 heteroatoms. The fourth-order valence-corrected chi connectivity index (χ4v) is 10.4. The van der Waals surface area contributed by atoms with Crippen molar-refractivity contribution in [3.05, 3.63) is 88.9 Å². The second-order valence-electron chi connectivity index (χ2n) is 19.2. The maximum atomic E-state index is 15.3. The summed E-state index contributed by atoms with van der Waals surface area (Å²) in [4.78, 5) is 44.5. The number of fused-ring (bicyclic) bond motifs is 2. The number of amides is 3. The van der Waals surface area contributed by atoms with E-state index in [4.69, 9.17) is 5.10 Å². The fourth-order valence-electron chi connectivity index (χ4n) is 10.4. The minimum Gasteiger partial charge on any atom is -0.390 e. The van der Waals surface area contributed by atoms with Gasteiger partial charge in [0.05, 0.1) is 46.0 Å². The molecule has 4 N–H and O–H groups in total. The van der Waals surface area contributed by atoms with Gasteiger partial charge in [0.15, 0.2) is 0 Å². The Hall–Kier alpha value is -5.80. The topological polar surface area (TPSA) is 184 Å². The monoisotopic (exact) mass is 876 g/mol. The van der Waals surface area contributed by atoms with Crippen LogP contribution in [0.25, 0.3) is 16.4 Å². The Morgan fingerprint density at radius 2 is 1.66 bits per heavy atom. The van der Waals surface area contributed by atoms with Crippen LogP contribution in [0.15, 0.2) is 54.9 Å². The second kappa shape index (κ2) is 16.6. The van der Waals surface area contributed by atoms with E-state index >= 15 is 8.78 Å². The number of hydrogen-bond acceptors (Lipinski definition) is 11. The molecular formula is C47H54F2N10O5. The van der Waals surface area contributed by atoms with Gasteiger partial charge in [-0.15, -0.1) is 0 Å². The van der Waals surface area contributed by atoms with Crippen LogP contribution in [0.5, 0.6) is 0 Å². The van der Waals surface area contributed by atoms with Gasteiger partial charge in [0.2, 0.25) is 11.8 Å². The zero-order chi connectivity index (χ0) is 45.2. The zero-order valence-electron chi connectivity index (χ0n) is 36.5. The number of nitrogens with one attached hydrogen (secondary N) is 2. The van der Waals surface area contributed by atoms with Gasteiger partial charge < -0.3 is 20.4 Å². The molecule has 5 aromatic rings. The van der Waals surface area contributed by atoms with Gasteiger partial charge in [0, 0.05) is 91.4 Å². The van der Waals surface area contributed by atoms with Gasteiger partial charge in [-0.3, -0.25) is 34.2 Å². The maximum absolute atomic E-state index is 15.3. The molecule has 64 heavy (non-hydrogen) atoms. The summed E-state index contributed by atoms with van der Waals surface area (Å²) in [6.45, 7) is 10.7. The fraction of sp³-hybridized carbons (Fsp3) is 0.489. The quantitative estimate of drug-likeness (QED) is 0.133. The number of nitrogens with zero attached hydrogens (tertiary/aromatic N) is 8. The number of benzene rings is 2. The van der Waals surface area contributed by atoms with Gasteiger partial charge in [0.1, 0.15) is 23.4 Å². The molecule has 4 fully saturated rings. The van der Waals surface area contributed by atoms with Gasteiger partial charge in [-0.2, -0.15) is 15.5 Å². The first-order valence-electron chi connectivity index (χ1n) is 22.2. The molecule has 0 bridgehead atoms. The number of aliphatic hydroxyl groups is 2. The minimum atomic E-state index is -1.28. The molecule has 0 radical (unpaired) electrons. The van der Waals surface area contributed by atoms with E-state index in [0.717, 1.165) is 50.7 Å². The molecule has 1 saturated carbocycles. The molecule has 336 valence electrons. The van der Waals surface area contributed by atoms with Crippen molar-refractivity contribution in [3.8, 4) is 6.07 Å².